The smallest absolute Gasteiger partial charge is 0.244 e. The molecule has 234 valence electrons. The molecule has 2 amide bonds. The van der Waals surface area contributed by atoms with Crippen LogP contribution in [0.3, 0.4) is 0 Å². The van der Waals surface area contributed by atoms with Gasteiger partial charge in [0.15, 0.2) is 0 Å². The molecule has 0 unspecified atom stereocenters. The van der Waals surface area contributed by atoms with E-state index in [9.17, 15) is 18.0 Å². The van der Waals surface area contributed by atoms with Crippen LogP contribution in [0.4, 0.5) is 5.69 Å². The first kappa shape index (κ1) is 31.6. The number of nitrogens with zero attached hydrogens (tertiary/aromatic N) is 2. The van der Waals surface area contributed by atoms with Crippen molar-refractivity contribution in [3.8, 4) is 0 Å². The van der Waals surface area contributed by atoms with E-state index in [1.807, 2.05) is 71.0 Å². The molecular formula is C35H49N3O4S. The third kappa shape index (κ3) is 7.11. The molecule has 1 N–H and O–H groups in total. The van der Waals surface area contributed by atoms with Gasteiger partial charge in [0.1, 0.15) is 12.6 Å². The minimum Gasteiger partial charge on any atom is -0.350 e. The monoisotopic (exact) mass is 607 g/mol. The average molecular weight is 608 g/mol. The van der Waals surface area contributed by atoms with Crippen molar-refractivity contribution in [3.63, 3.8) is 0 Å². The highest BCUT2D eigenvalue weighted by Crippen LogP contribution is 2.60. The van der Waals surface area contributed by atoms with Crippen LogP contribution in [0.5, 0.6) is 0 Å². The Morgan fingerprint density at radius 2 is 1.47 bits per heavy atom. The van der Waals surface area contributed by atoms with Crippen LogP contribution in [0, 0.1) is 24.7 Å². The summed E-state index contributed by atoms with van der Waals surface area (Å²) in [4.78, 5) is 29.0. The standard InChI is InChI=1S/C35H49N3O4S/c1-7-31(33(40)36-34(3,4)5)37(22-25-10-8-24(2)9-11-25)32(39)23-38(43(6,41)42)30-14-12-29(13-15-30)35-19-26-16-27(20-35)18-28(17-26)21-35/h8-15,26-28,31H,7,16-23H2,1-6H3,(H,36,40)/t26?,27?,28?,31-,35?/m0/s1. The molecule has 0 saturated heterocycles. The summed E-state index contributed by atoms with van der Waals surface area (Å²) in [5, 5.41) is 3.01. The van der Waals surface area contributed by atoms with E-state index in [1.54, 1.807) is 0 Å². The van der Waals surface area contributed by atoms with E-state index < -0.39 is 27.5 Å². The maximum Gasteiger partial charge on any atom is 0.244 e. The van der Waals surface area contributed by atoms with Gasteiger partial charge in [-0.2, -0.15) is 0 Å². The van der Waals surface area contributed by atoms with Crippen LogP contribution in [-0.4, -0.2) is 49.5 Å². The van der Waals surface area contributed by atoms with Crippen LogP contribution < -0.4 is 9.62 Å². The van der Waals surface area contributed by atoms with Crippen LogP contribution in [0.2, 0.25) is 0 Å². The van der Waals surface area contributed by atoms with Gasteiger partial charge in [-0.15, -0.1) is 0 Å². The average Bonchev–Trinajstić information content (AvgIpc) is 2.90. The maximum atomic E-state index is 14.1. The molecule has 8 heteroatoms. The van der Waals surface area contributed by atoms with E-state index in [2.05, 4.69) is 17.4 Å². The molecule has 4 bridgehead atoms. The number of nitrogens with one attached hydrogen (secondary N) is 1. The van der Waals surface area contributed by atoms with Gasteiger partial charge in [0.2, 0.25) is 21.8 Å². The molecule has 0 radical (unpaired) electrons. The predicted molar refractivity (Wildman–Crippen MR) is 172 cm³/mol. The van der Waals surface area contributed by atoms with Crippen molar-refractivity contribution in [2.75, 3.05) is 17.1 Å². The number of hydrogen-bond donors (Lipinski definition) is 1. The topological polar surface area (TPSA) is 86.8 Å². The zero-order chi connectivity index (χ0) is 31.2. The molecule has 2 aromatic carbocycles. The molecule has 0 spiro atoms. The fourth-order valence-corrected chi connectivity index (χ4v) is 9.17. The first-order valence-electron chi connectivity index (χ1n) is 15.9. The fourth-order valence-electron chi connectivity index (χ4n) is 8.32. The Hall–Kier alpha value is -2.87. The number of rotatable bonds is 10. The van der Waals surface area contributed by atoms with E-state index in [0.29, 0.717) is 12.1 Å². The number of carbonyl (C=O) groups is 2. The third-order valence-electron chi connectivity index (χ3n) is 9.84. The summed E-state index contributed by atoms with van der Waals surface area (Å²) < 4.78 is 27.4. The summed E-state index contributed by atoms with van der Waals surface area (Å²) in [6.07, 6.45) is 9.34. The van der Waals surface area contributed by atoms with E-state index in [-0.39, 0.29) is 24.4 Å². The van der Waals surface area contributed by atoms with Gasteiger partial charge in [0.05, 0.1) is 11.9 Å². The summed E-state index contributed by atoms with van der Waals surface area (Å²) >= 11 is 0. The van der Waals surface area contributed by atoms with Gasteiger partial charge in [-0.25, -0.2) is 8.42 Å². The van der Waals surface area contributed by atoms with Crippen molar-refractivity contribution in [3.05, 3.63) is 65.2 Å². The Balaban J connectivity index is 1.41. The highest BCUT2D eigenvalue weighted by atomic mass is 32.2. The largest absolute Gasteiger partial charge is 0.350 e. The quantitative estimate of drug-likeness (QED) is 0.362. The molecule has 4 aliphatic rings. The highest BCUT2D eigenvalue weighted by molar-refractivity contribution is 7.92. The van der Waals surface area contributed by atoms with Crippen molar-refractivity contribution in [2.45, 2.75) is 103 Å². The Morgan fingerprint density at radius 1 is 0.930 bits per heavy atom. The molecule has 0 aliphatic heterocycles. The molecule has 1 atom stereocenters. The molecule has 2 aromatic rings. The van der Waals surface area contributed by atoms with E-state index >= 15 is 0 Å². The number of sulfonamides is 1. The van der Waals surface area contributed by atoms with Crippen LogP contribution >= 0.6 is 0 Å². The summed E-state index contributed by atoms with van der Waals surface area (Å²) in [6.45, 7) is 9.42. The van der Waals surface area contributed by atoms with E-state index in [0.717, 1.165) is 35.1 Å². The first-order chi connectivity index (χ1) is 20.2. The summed E-state index contributed by atoms with van der Waals surface area (Å²) in [7, 11) is -3.78. The molecule has 6 rings (SSSR count). The van der Waals surface area contributed by atoms with Crippen molar-refractivity contribution in [1.82, 2.24) is 10.2 Å². The second kappa shape index (κ2) is 11.9. The minimum atomic E-state index is -3.78. The molecule has 0 aromatic heterocycles. The Bertz CT molecular complexity index is 1390. The van der Waals surface area contributed by atoms with Crippen molar-refractivity contribution >= 4 is 27.5 Å². The van der Waals surface area contributed by atoms with Crippen molar-refractivity contribution in [1.29, 1.82) is 0 Å². The van der Waals surface area contributed by atoms with Crippen LogP contribution in [0.15, 0.2) is 48.5 Å². The molecule has 7 nitrogen and oxygen atoms in total. The lowest BCUT2D eigenvalue weighted by Crippen LogP contribution is -2.55. The lowest BCUT2D eigenvalue weighted by molar-refractivity contribution is -0.141. The lowest BCUT2D eigenvalue weighted by Gasteiger charge is -2.57. The van der Waals surface area contributed by atoms with Crippen LogP contribution in [-0.2, 0) is 31.6 Å². The van der Waals surface area contributed by atoms with Gasteiger partial charge in [0.25, 0.3) is 0 Å². The maximum absolute atomic E-state index is 14.1. The Kier molecular flexibility index (Phi) is 8.73. The summed E-state index contributed by atoms with van der Waals surface area (Å²) in [5.41, 5.74) is 3.50. The zero-order valence-corrected chi connectivity index (χ0v) is 27.5. The summed E-state index contributed by atoms with van der Waals surface area (Å²) in [5.74, 6) is 1.79. The van der Waals surface area contributed by atoms with Gasteiger partial charge in [-0.1, -0.05) is 48.9 Å². The summed E-state index contributed by atoms with van der Waals surface area (Å²) in [6, 6.07) is 15.0. The number of amides is 2. The van der Waals surface area contributed by atoms with Crippen LogP contribution in [0.25, 0.3) is 0 Å². The SMILES string of the molecule is CC[C@@H](C(=O)NC(C)(C)C)N(Cc1ccc(C)cc1)C(=O)CN(c1ccc(C23CC4CC(CC(C4)C2)C3)cc1)S(C)(=O)=O. The Morgan fingerprint density at radius 3 is 1.93 bits per heavy atom. The normalized spacial score (nSPS) is 25.3. The van der Waals surface area contributed by atoms with Gasteiger partial charge in [0, 0.05) is 12.1 Å². The predicted octanol–water partition coefficient (Wildman–Crippen LogP) is 5.95. The molecule has 43 heavy (non-hydrogen) atoms. The van der Waals surface area contributed by atoms with Crippen molar-refractivity contribution in [2.24, 2.45) is 17.8 Å². The zero-order valence-electron chi connectivity index (χ0n) is 26.7. The van der Waals surface area contributed by atoms with E-state index in [1.165, 1.54) is 53.3 Å². The van der Waals surface area contributed by atoms with Gasteiger partial charge in [-0.3, -0.25) is 13.9 Å². The third-order valence-corrected chi connectivity index (χ3v) is 11.0. The number of aryl methyl sites for hydroxylation is 1. The van der Waals surface area contributed by atoms with Gasteiger partial charge < -0.3 is 10.2 Å². The second-order valence-electron chi connectivity index (χ2n) is 14.7. The lowest BCUT2D eigenvalue weighted by atomic mass is 9.48. The molecular weight excluding hydrogens is 558 g/mol. The number of carbonyl (C=O) groups excluding carboxylic acids is 2. The Labute approximate surface area is 258 Å². The fraction of sp³-hybridized carbons (Fsp3) is 0.600. The highest BCUT2D eigenvalue weighted by Gasteiger charge is 2.51. The van der Waals surface area contributed by atoms with E-state index in [4.69, 9.17) is 0 Å². The molecule has 4 fully saturated rings. The first-order valence-corrected chi connectivity index (χ1v) is 17.8. The van der Waals surface area contributed by atoms with Crippen molar-refractivity contribution < 1.29 is 18.0 Å². The molecule has 0 heterocycles. The minimum absolute atomic E-state index is 0.206. The number of hydrogen-bond acceptors (Lipinski definition) is 4. The van der Waals surface area contributed by atoms with Gasteiger partial charge in [-0.05, 0) is 119 Å². The van der Waals surface area contributed by atoms with Gasteiger partial charge >= 0.3 is 0 Å². The van der Waals surface area contributed by atoms with Crippen LogP contribution in [0.1, 0.15) is 89.3 Å². The molecule has 4 aliphatic carbocycles. The number of benzene rings is 2. The molecule has 4 saturated carbocycles. The number of anilines is 1. The second-order valence-corrected chi connectivity index (χ2v) is 16.6.